The summed E-state index contributed by atoms with van der Waals surface area (Å²) >= 11 is 1.32. The van der Waals surface area contributed by atoms with E-state index in [1.807, 2.05) is 36.4 Å². The van der Waals surface area contributed by atoms with Crippen molar-refractivity contribution in [2.24, 2.45) is 0 Å². The van der Waals surface area contributed by atoms with Crippen LogP contribution in [0.1, 0.15) is 5.56 Å². The summed E-state index contributed by atoms with van der Waals surface area (Å²) in [5.74, 6) is 0. The van der Waals surface area contributed by atoms with Crippen LogP contribution in [-0.4, -0.2) is 20.2 Å². The molecular formula is C14H10N6S. The fourth-order valence-corrected chi connectivity index (χ4v) is 2.67. The van der Waals surface area contributed by atoms with Crippen molar-refractivity contribution in [2.45, 2.75) is 10.1 Å². The molecular weight excluding hydrogens is 284 g/mol. The minimum atomic E-state index is 0.438. The van der Waals surface area contributed by atoms with E-state index < -0.39 is 0 Å². The number of hydrogen-bond donors (Lipinski definition) is 1. The molecule has 0 fully saturated rings. The van der Waals surface area contributed by atoms with Gasteiger partial charge in [0.1, 0.15) is 6.07 Å². The third-order valence-corrected chi connectivity index (χ3v) is 3.84. The molecule has 7 heteroatoms. The Balaban J connectivity index is 1.98. The predicted octanol–water partition coefficient (Wildman–Crippen LogP) is 2.27. The molecule has 0 bridgehead atoms. The van der Waals surface area contributed by atoms with Crippen LogP contribution in [0.2, 0.25) is 0 Å². The predicted molar refractivity (Wildman–Crippen MR) is 78.8 cm³/mol. The van der Waals surface area contributed by atoms with Crippen LogP contribution in [0.15, 0.2) is 58.6 Å². The molecule has 0 saturated carbocycles. The first-order valence-corrected chi connectivity index (χ1v) is 6.91. The van der Waals surface area contributed by atoms with Crippen LogP contribution in [-0.2, 0) is 0 Å². The maximum absolute atomic E-state index is 9.02. The zero-order valence-electron chi connectivity index (χ0n) is 10.8. The zero-order chi connectivity index (χ0) is 14.7. The summed E-state index contributed by atoms with van der Waals surface area (Å²) in [6.07, 6.45) is 0. The third kappa shape index (κ3) is 2.57. The average molecular weight is 294 g/mol. The van der Waals surface area contributed by atoms with Gasteiger partial charge in [0, 0.05) is 4.90 Å². The van der Waals surface area contributed by atoms with Crippen molar-refractivity contribution in [1.29, 1.82) is 5.26 Å². The second kappa shape index (κ2) is 5.64. The van der Waals surface area contributed by atoms with E-state index in [1.165, 1.54) is 11.8 Å². The van der Waals surface area contributed by atoms with Crippen molar-refractivity contribution < 1.29 is 0 Å². The highest BCUT2D eigenvalue weighted by Gasteiger charge is 2.13. The standard InChI is InChI=1S/C14H10N6S/c15-9-10-5-4-8-12(13(10)16)21-14-17-18-19-20(14)11-6-2-1-3-7-11/h1-8H,16H2. The van der Waals surface area contributed by atoms with Crippen molar-refractivity contribution >= 4 is 17.4 Å². The highest BCUT2D eigenvalue weighted by atomic mass is 32.2. The SMILES string of the molecule is N#Cc1cccc(Sc2nnnn2-c2ccccc2)c1N. The van der Waals surface area contributed by atoms with Crippen molar-refractivity contribution in [3.05, 3.63) is 54.1 Å². The number of nitrogen functional groups attached to an aromatic ring is 1. The third-order valence-electron chi connectivity index (χ3n) is 2.83. The first-order chi connectivity index (χ1) is 10.3. The van der Waals surface area contributed by atoms with Gasteiger partial charge >= 0.3 is 0 Å². The summed E-state index contributed by atoms with van der Waals surface area (Å²) < 4.78 is 1.63. The highest BCUT2D eigenvalue weighted by molar-refractivity contribution is 7.99. The molecule has 0 radical (unpaired) electrons. The second-order valence-electron chi connectivity index (χ2n) is 4.14. The summed E-state index contributed by atoms with van der Waals surface area (Å²) in [5, 5.41) is 21.3. The molecule has 0 saturated heterocycles. The largest absolute Gasteiger partial charge is 0.397 e. The molecule has 0 atom stereocenters. The number of benzene rings is 2. The Kier molecular flexibility index (Phi) is 3.53. The van der Waals surface area contributed by atoms with E-state index in [2.05, 4.69) is 21.6 Å². The molecule has 0 amide bonds. The van der Waals surface area contributed by atoms with Gasteiger partial charge in [0.25, 0.3) is 0 Å². The maximum Gasteiger partial charge on any atom is 0.218 e. The van der Waals surface area contributed by atoms with Crippen LogP contribution >= 0.6 is 11.8 Å². The molecule has 0 unspecified atom stereocenters. The van der Waals surface area contributed by atoms with Gasteiger partial charge in [-0.25, -0.2) is 0 Å². The number of aromatic nitrogens is 4. The van der Waals surface area contributed by atoms with Gasteiger partial charge in [0.05, 0.1) is 16.9 Å². The van der Waals surface area contributed by atoms with Gasteiger partial charge in [-0.1, -0.05) is 24.3 Å². The normalized spacial score (nSPS) is 10.2. The van der Waals surface area contributed by atoms with E-state index in [-0.39, 0.29) is 0 Å². The number of para-hydroxylation sites is 2. The number of rotatable bonds is 3. The van der Waals surface area contributed by atoms with Gasteiger partial charge < -0.3 is 5.73 Å². The quantitative estimate of drug-likeness (QED) is 0.745. The van der Waals surface area contributed by atoms with Crippen molar-refractivity contribution in [3.8, 4) is 11.8 Å². The zero-order valence-corrected chi connectivity index (χ0v) is 11.7. The van der Waals surface area contributed by atoms with Crippen LogP contribution < -0.4 is 5.73 Å². The van der Waals surface area contributed by atoms with E-state index in [0.29, 0.717) is 16.4 Å². The topological polar surface area (TPSA) is 93.4 Å². The molecule has 0 aliphatic heterocycles. The summed E-state index contributed by atoms with van der Waals surface area (Å²) in [7, 11) is 0. The molecule has 0 aliphatic rings. The summed E-state index contributed by atoms with van der Waals surface area (Å²) in [6.45, 7) is 0. The minimum Gasteiger partial charge on any atom is -0.397 e. The lowest BCUT2D eigenvalue weighted by Gasteiger charge is -2.06. The molecule has 2 aromatic carbocycles. The molecule has 1 aromatic heterocycles. The summed E-state index contributed by atoms with van der Waals surface area (Å²) in [4.78, 5) is 0.751. The number of nitrogens with zero attached hydrogens (tertiary/aromatic N) is 5. The Bertz CT molecular complexity index is 806. The Morgan fingerprint density at radius 2 is 1.90 bits per heavy atom. The van der Waals surface area contributed by atoms with Crippen LogP contribution in [0.3, 0.4) is 0 Å². The minimum absolute atomic E-state index is 0.438. The molecule has 6 nitrogen and oxygen atoms in total. The summed E-state index contributed by atoms with van der Waals surface area (Å²) in [6, 6.07) is 16.9. The Morgan fingerprint density at radius 3 is 2.67 bits per heavy atom. The number of nitriles is 1. The molecule has 2 N–H and O–H groups in total. The molecule has 21 heavy (non-hydrogen) atoms. The van der Waals surface area contributed by atoms with Crippen LogP contribution in [0.5, 0.6) is 0 Å². The lowest BCUT2D eigenvalue weighted by molar-refractivity contribution is 0.756. The van der Waals surface area contributed by atoms with E-state index in [1.54, 1.807) is 16.8 Å². The van der Waals surface area contributed by atoms with Crippen LogP contribution in [0.25, 0.3) is 5.69 Å². The first-order valence-electron chi connectivity index (χ1n) is 6.10. The Hall–Kier alpha value is -2.85. The fraction of sp³-hybridized carbons (Fsp3) is 0. The second-order valence-corrected chi connectivity index (χ2v) is 5.15. The first kappa shape index (κ1) is 13.1. The number of hydrogen-bond acceptors (Lipinski definition) is 6. The molecule has 3 aromatic rings. The van der Waals surface area contributed by atoms with Crippen LogP contribution in [0, 0.1) is 11.3 Å². The van der Waals surface area contributed by atoms with Gasteiger partial charge in [-0.2, -0.15) is 9.94 Å². The molecule has 0 spiro atoms. The lowest BCUT2D eigenvalue weighted by atomic mass is 10.2. The number of nitrogens with two attached hydrogens (primary N) is 1. The maximum atomic E-state index is 9.02. The van der Waals surface area contributed by atoms with Gasteiger partial charge in [0.2, 0.25) is 5.16 Å². The molecule has 3 rings (SSSR count). The van der Waals surface area contributed by atoms with Crippen molar-refractivity contribution in [2.75, 3.05) is 5.73 Å². The van der Waals surface area contributed by atoms with Gasteiger partial charge in [-0.05, 0) is 46.5 Å². The smallest absolute Gasteiger partial charge is 0.218 e. The monoisotopic (exact) mass is 294 g/mol. The molecule has 1 heterocycles. The van der Waals surface area contributed by atoms with Crippen LogP contribution in [0.4, 0.5) is 5.69 Å². The van der Waals surface area contributed by atoms with Crippen molar-refractivity contribution in [3.63, 3.8) is 0 Å². The van der Waals surface area contributed by atoms with Gasteiger partial charge in [0.15, 0.2) is 0 Å². The summed E-state index contributed by atoms with van der Waals surface area (Å²) in [5.41, 5.74) is 7.72. The fourth-order valence-electron chi connectivity index (χ4n) is 1.80. The average Bonchev–Trinajstić information content (AvgIpc) is 2.98. The van der Waals surface area contributed by atoms with E-state index in [0.717, 1.165) is 10.6 Å². The van der Waals surface area contributed by atoms with Crippen molar-refractivity contribution in [1.82, 2.24) is 20.2 Å². The Morgan fingerprint density at radius 1 is 1.10 bits per heavy atom. The number of anilines is 1. The molecule has 102 valence electrons. The van der Waals surface area contributed by atoms with E-state index in [4.69, 9.17) is 11.0 Å². The molecule has 0 aliphatic carbocycles. The Labute approximate surface area is 125 Å². The van der Waals surface area contributed by atoms with E-state index in [9.17, 15) is 0 Å². The van der Waals surface area contributed by atoms with Gasteiger partial charge in [-0.3, -0.25) is 0 Å². The lowest BCUT2D eigenvalue weighted by Crippen LogP contribution is -1.99. The van der Waals surface area contributed by atoms with E-state index >= 15 is 0 Å². The number of tetrazole rings is 1. The highest BCUT2D eigenvalue weighted by Crippen LogP contribution is 2.32. The van der Waals surface area contributed by atoms with Gasteiger partial charge in [-0.15, -0.1) is 5.10 Å².